The van der Waals surface area contributed by atoms with Gasteiger partial charge in [-0.15, -0.1) is 0 Å². The second kappa shape index (κ2) is 9.41. The van der Waals surface area contributed by atoms with Crippen molar-refractivity contribution in [3.63, 3.8) is 0 Å². The highest BCUT2D eigenvalue weighted by Gasteiger charge is 2.42. The summed E-state index contributed by atoms with van der Waals surface area (Å²) in [6.45, 7) is 3.83. The monoisotopic (exact) mass is 465 g/mol. The summed E-state index contributed by atoms with van der Waals surface area (Å²) in [5.74, 6) is -0.185. The number of hydrogen-bond donors (Lipinski definition) is 2. The lowest BCUT2D eigenvalue weighted by Gasteiger charge is -2.25. The van der Waals surface area contributed by atoms with E-state index in [1.807, 2.05) is 37.3 Å². The molecule has 0 aliphatic carbocycles. The summed E-state index contributed by atoms with van der Waals surface area (Å²) in [6.07, 6.45) is 1.70. The molecule has 1 saturated heterocycles. The zero-order valence-corrected chi connectivity index (χ0v) is 19.0. The molecule has 2 aromatic heterocycles. The van der Waals surface area contributed by atoms with Gasteiger partial charge in [0.05, 0.1) is 23.9 Å². The van der Waals surface area contributed by atoms with Gasteiger partial charge in [0.25, 0.3) is 0 Å². The standard InChI is InChI=1S/C24H23N3O5S/c1-3-31-20(28)13-27-22(21(26-24(27)33)17-6-4-5-11-25-17)19-10-9-18(32-19)16-8-7-15(23(29)30)12-14(16)2/h4-12,21-22H,3,13H2,1-2H3,(H,26,33)(H,29,30)/t21-,22+/m0/s1. The number of pyridine rings is 1. The number of carboxylic acids is 1. The van der Waals surface area contributed by atoms with Gasteiger partial charge >= 0.3 is 11.9 Å². The van der Waals surface area contributed by atoms with Crippen LogP contribution in [0.25, 0.3) is 11.3 Å². The third kappa shape index (κ3) is 4.58. The number of aromatic carboxylic acids is 1. The molecular formula is C24H23N3O5S. The Labute approximate surface area is 196 Å². The van der Waals surface area contributed by atoms with Crippen molar-refractivity contribution < 1.29 is 23.8 Å². The van der Waals surface area contributed by atoms with Crippen LogP contribution >= 0.6 is 12.2 Å². The molecule has 3 heterocycles. The van der Waals surface area contributed by atoms with E-state index < -0.39 is 12.0 Å². The van der Waals surface area contributed by atoms with E-state index >= 15 is 0 Å². The van der Waals surface area contributed by atoms with Crippen molar-refractivity contribution in [2.45, 2.75) is 25.9 Å². The minimum absolute atomic E-state index is 0.0317. The lowest BCUT2D eigenvalue weighted by molar-refractivity contribution is -0.143. The van der Waals surface area contributed by atoms with E-state index in [4.69, 9.17) is 21.4 Å². The highest BCUT2D eigenvalue weighted by Crippen LogP contribution is 2.40. The number of nitrogens with zero attached hydrogens (tertiary/aromatic N) is 2. The second-order valence-corrected chi connectivity index (χ2v) is 7.98. The normalized spacial score (nSPS) is 17.6. The van der Waals surface area contributed by atoms with E-state index in [0.29, 0.717) is 16.6 Å². The fourth-order valence-electron chi connectivity index (χ4n) is 3.96. The third-order valence-electron chi connectivity index (χ3n) is 5.46. The summed E-state index contributed by atoms with van der Waals surface area (Å²) in [6, 6.07) is 13.4. The van der Waals surface area contributed by atoms with Crippen molar-refractivity contribution >= 4 is 29.3 Å². The van der Waals surface area contributed by atoms with Crippen LogP contribution in [0.15, 0.2) is 59.1 Å². The van der Waals surface area contributed by atoms with Crippen LogP contribution < -0.4 is 5.32 Å². The molecule has 0 unspecified atom stereocenters. The Morgan fingerprint density at radius 2 is 2.06 bits per heavy atom. The van der Waals surface area contributed by atoms with Gasteiger partial charge in [0, 0.05) is 11.8 Å². The zero-order valence-electron chi connectivity index (χ0n) is 18.1. The summed E-state index contributed by atoms with van der Waals surface area (Å²) in [7, 11) is 0. The smallest absolute Gasteiger partial charge is 0.335 e. The van der Waals surface area contributed by atoms with Gasteiger partial charge < -0.3 is 24.5 Å². The number of nitrogens with one attached hydrogen (secondary N) is 1. The Morgan fingerprint density at radius 3 is 2.73 bits per heavy atom. The van der Waals surface area contributed by atoms with Crippen molar-refractivity contribution in [1.29, 1.82) is 0 Å². The Hall–Kier alpha value is -3.72. The van der Waals surface area contributed by atoms with Crippen LogP contribution in [-0.4, -0.2) is 45.2 Å². The molecule has 0 bridgehead atoms. The quantitative estimate of drug-likeness (QED) is 0.397. The van der Waals surface area contributed by atoms with E-state index in [1.165, 1.54) is 0 Å². The number of benzene rings is 1. The molecule has 0 saturated carbocycles. The number of furan rings is 1. The molecule has 8 nitrogen and oxygen atoms in total. The van der Waals surface area contributed by atoms with Crippen LogP contribution in [0, 0.1) is 6.92 Å². The van der Waals surface area contributed by atoms with Crippen molar-refractivity contribution in [2.24, 2.45) is 0 Å². The fourth-order valence-corrected chi connectivity index (χ4v) is 4.27. The Morgan fingerprint density at radius 1 is 1.24 bits per heavy atom. The molecule has 1 aromatic carbocycles. The molecule has 33 heavy (non-hydrogen) atoms. The molecule has 170 valence electrons. The number of thiocarbonyl (C=S) groups is 1. The maximum Gasteiger partial charge on any atom is 0.335 e. The lowest BCUT2D eigenvalue weighted by Crippen LogP contribution is -2.35. The molecule has 9 heteroatoms. The highest BCUT2D eigenvalue weighted by atomic mass is 32.1. The number of aromatic nitrogens is 1. The third-order valence-corrected chi connectivity index (χ3v) is 5.81. The van der Waals surface area contributed by atoms with Gasteiger partial charge in [-0.2, -0.15) is 0 Å². The van der Waals surface area contributed by atoms with Crippen LogP contribution in [0.1, 0.15) is 46.4 Å². The molecule has 1 aliphatic rings. The molecule has 1 aliphatic heterocycles. The van der Waals surface area contributed by atoms with Gasteiger partial charge in [-0.25, -0.2) is 4.79 Å². The number of esters is 1. The molecular weight excluding hydrogens is 442 g/mol. The first-order chi connectivity index (χ1) is 15.9. The molecule has 0 spiro atoms. The first-order valence-electron chi connectivity index (χ1n) is 10.5. The number of rotatable bonds is 7. The number of ether oxygens (including phenoxy) is 1. The van der Waals surface area contributed by atoms with Gasteiger partial charge in [-0.1, -0.05) is 12.1 Å². The molecule has 0 amide bonds. The molecule has 0 radical (unpaired) electrons. The molecule has 1 fully saturated rings. The number of carboxylic acid groups (broad SMARTS) is 1. The maximum absolute atomic E-state index is 12.3. The Kier molecular flexibility index (Phi) is 6.41. The van der Waals surface area contributed by atoms with Crippen LogP contribution in [0.3, 0.4) is 0 Å². The van der Waals surface area contributed by atoms with Crippen molar-refractivity contribution in [3.8, 4) is 11.3 Å². The highest BCUT2D eigenvalue weighted by molar-refractivity contribution is 7.80. The average molecular weight is 466 g/mol. The first kappa shape index (κ1) is 22.5. The number of aryl methyl sites for hydroxylation is 1. The topological polar surface area (TPSA) is 105 Å². The van der Waals surface area contributed by atoms with E-state index in [9.17, 15) is 14.7 Å². The summed E-state index contributed by atoms with van der Waals surface area (Å²) in [4.78, 5) is 29.7. The Bertz CT molecular complexity index is 1190. The predicted octanol–water partition coefficient (Wildman–Crippen LogP) is 3.88. The van der Waals surface area contributed by atoms with Gasteiger partial charge in [0.2, 0.25) is 0 Å². The zero-order chi connectivity index (χ0) is 23.5. The second-order valence-electron chi connectivity index (χ2n) is 7.60. The molecule has 2 atom stereocenters. The summed E-state index contributed by atoms with van der Waals surface area (Å²) in [5, 5.41) is 12.9. The fraction of sp³-hybridized carbons (Fsp3) is 0.250. The van der Waals surface area contributed by atoms with E-state index in [2.05, 4.69) is 10.3 Å². The SMILES string of the molecule is CCOC(=O)CN1C(=S)N[C@@H](c2ccccn2)[C@H]1c1ccc(-c2ccc(C(=O)O)cc2C)o1. The van der Waals surface area contributed by atoms with Crippen molar-refractivity contribution in [1.82, 2.24) is 15.2 Å². The van der Waals surface area contributed by atoms with Crippen LogP contribution in [-0.2, 0) is 9.53 Å². The average Bonchev–Trinajstić information content (AvgIpc) is 3.39. The number of hydrogen-bond acceptors (Lipinski definition) is 6. The molecule has 2 N–H and O–H groups in total. The summed E-state index contributed by atoms with van der Waals surface area (Å²) in [5.41, 5.74) is 2.53. The summed E-state index contributed by atoms with van der Waals surface area (Å²) >= 11 is 5.54. The van der Waals surface area contributed by atoms with Gasteiger partial charge in [0.15, 0.2) is 5.11 Å². The van der Waals surface area contributed by atoms with Gasteiger partial charge in [-0.05, 0) is 68.0 Å². The van der Waals surface area contributed by atoms with Gasteiger partial charge in [0.1, 0.15) is 24.1 Å². The molecule has 3 aromatic rings. The van der Waals surface area contributed by atoms with Crippen molar-refractivity contribution in [2.75, 3.05) is 13.2 Å². The lowest BCUT2D eigenvalue weighted by atomic mass is 10.0. The van der Waals surface area contributed by atoms with Crippen LogP contribution in [0.2, 0.25) is 0 Å². The number of carbonyl (C=O) groups is 2. The maximum atomic E-state index is 12.3. The van der Waals surface area contributed by atoms with Crippen LogP contribution in [0.5, 0.6) is 0 Å². The van der Waals surface area contributed by atoms with E-state index in [0.717, 1.165) is 16.8 Å². The number of carbonyl (C=O) groups excluding carboxylic acids is 1. The Balaban J connectivity index is 1.71. The van der Waals surface area contributed by atoms with E-state index in [1.54, 1.807) is 36.2 Å². The molecule has 4 rings (SSSR count). The largest absolute Gasteiger partial charge is 0.478 e. The predicted molar refractivity (Wildman–Crippen MR) is 125 cm³/mol. The van der Waals surface area contributed by atoms with E-state index in [-0.39, 0.29) is 30.7 Å². The van der Waals surface area contributed by atoms with Crippen LogP contribution in [0.4, 0.5) is 0 Å². The van der Waals surface area contributed by atoms with Gasteiger partial charge in [-0.3, -0.25) is 9.78 Å². The van der Waals surface area contributed by atoms with Crippen molar-refractivity contribution in [3.05, 3.63) is 77.3 Å². The summed E-state index contributed by atoms with van der Waals surface area (Å²) < 4.78 is 11.4. The minimum Gasteiger partial charge on any atom is -0.478 e. The minimum atomic E-state index is -0.983. The first-order valence-corrected chi connectivity index (χ1v) is 10.9.